The predicted octanol–water partition coefficient (Wildman–Crippen LogP) is -1.29. The monoisotopic (exact) mass is 264 g/mol. The zero-order valence-corrected chi connectivity index (χ0v) is 9.54. The minimum Gasteiger partial charge on any atom is -0.394 e. The molecule has 17 heavy (non-hydrogen) atoms. The van der Waals surface area contributed by atoms with Crippen LogP contribution < -0.4 is 5.69 Å². The molecule has 1 aromatic heterocycles. The van der Waals surface area contributed by atoms with Crippen molar-refractivity contribution in [2.45, 2.75) is 18.6 Å². The SMILES string of the molecule is O=CC[C@H](O)[C@H](O)CO.O=c1ncc(Cl)c[nH]1. The summed E-state index contributed by atoms with van der Waals surface area (Å²) in [6.45, 7) is -0.519. The molecule has 1 aromatic rings. The fraction of sp³-hybridized carbons (Fsp3) is 0.444. The molecule has 0 radical (unpaired) electrons. The van der Waals surface area contributed by atoms with Gasteiger partial charge in [0, 0.05) is 12.6 Å². The number of H-pyrrole nitrogens is 1. The van der Waals surface area contributed by atoms with Crippen molar-refractivity contribution in [1.29, 1.82) is 0 Å². The van der Waals surface area contributed by atoms with Crippen LogP contribution in [-0.4, -0.2) is 50.4 Å². The maximum Gasteiger partial charge on any atom is 0.344 e. The molecule has 0 fully saturated rings. The van der Waals surface area contributed by atoms with Gasteiger partial charge in [-0.25, -0.2) is 9.78 Å². The number of aldehydes is 1. The minimum absolute atomic E-state index is 0.137. The van der Waals surface area contributed by atoms with Crippen LogP contribution in [0, 0.1) is 0 Å². The molecule has 0 saturated heterocycles. The summed E-state index contributed by atoms with van der Waals surface area (Å²) in [4.78, 5) is 25.5. The summed E-state index contributed by atoms with van der Waals surface area (Å²) in [5.41, 5.74) is -0.380. The number of aromatic amines is 1. The van der Waals surface area contributed by atoms with E-state index in [0.717, 1.165) is 0 Å². The van der Waals surface area contributed by atoms with E-state index in [0.29, 0.717) is 11.3 Å². The van der Waals surface area contributed by atoms with Crippen LogP contribution in [0.3, 0.4) is 0 Å². The van der Waals surface area contributed by atoms with Gasteiger partial charge in [-0.2, -0.15) is 0 Å². The fourth-order valence-corrected chi connectivity index (χ4v) is 0.806. The number of nitrogens with one attached hydrogen (secondary N) is 1. The van der Waals surface area contributed by atoms with Gasteiger partial charge < -0.3 is 25.1 Å². The molecule has 2 atom stereocenters. The minimum atomic E-state index is -1.20. The highest BCUT2D eigenvalue weighted by Gasteiger charge is 2.13. The summed E-state index contributed by atoms with van der Waals surface area (Å²) >= 11 is 5.38. The van der Waals surface area contributed by atoms with Crippen LogP contribution in [0.2, 0.25) is 5.02 Å². The zero-order chi connectivity index (χ0) is 13.3. The molecule has 0 aliphatic heterocycles. The molecule has 96 valence electrons. The van der Waals surface area contributed by atoms with E-state index in [4.69, 9.17) is 26.9 Å². The number of hydrogen-bond acceptors (Lipinski definition) is 6. The summed E-state index contributed by atoms with van der Waals surface area (Å²) < 4.78 is 0. The lowest BCUT2D eigenvalue weighted by Gasteiger charge is -2.11. The van der Waals surface area contributed by atoms with Gasteiger partial charge in [-0.3, -0.25) is 0 Å². The molecule has 0 unspecified atom stereocenters. The van der Waals surface area contributed by atoms with Gasteiger partial charge in [-0.05, 0) is 0 Å². The average Bonchev–Trinajstić information content (AvgIpc) is 2.33. The van der Waals surface area contributed by atoms with E-state index in [1.54, 1.807) is 0 Å². The number of aliphatic hydroxyl groups excluding tert-OH is 3. The van der Waals surface area contributed by atoms with E-state index < -0.39 is 18.8 Å². The lowest BCUT2D eigenvalue weighted by Crippen LogP contribution is -2.29. The Balaban J connectivity index is 0.000000302. The Morgan fingerprint density at radius 2 is 2.12 bits per heavy atom. The highest BCUT2D eigenvalue weighted by Crippen LogP contribution is 1.97. The van der Waals surface area contributed by atoms with Crippen molar-refractivity contribution < 1.29 is 20.1 Å². The van der Waals surface area contributed by atoms with Crippen LogP contribution >= 0.6 is 11.6 Å². The fourth-order valence-electron chi connectivity index (χ4n) is 0.703. The van der Waals surface area contributed by atoms with Crippen LogP contribution in [0.1, 0.15) is 6.42 Å². The molecular formula is C9H13ClN2O5. The van der Waals surface area contributed by atoms with Gasteiger partial charge in [0.15, 0.2) is 0 Å². The Labute approximate surface area is 102 Å². The summed E-state index contributed by atoms with van der Waals surface area (Å²) in [7, 11) is 0. The summed E-state index contributed by atoms with van der Waals surface area (Å²) in [5.74, 6) is 0. The first-order valence-electron chi connectivity index (χ1n) is 4.62. The Morgan fingerprint density at radius 1 is 1.47 bits per heavy atom. The third-order valence-corrected chi connectivity index (χ3v) is 1.81. The second-order valence-corrected chi connectivity index (χ2v) is 3.39. The van der Waals surface area contributed by atoms with Gasteiger partial charge >= 0.3 is 5.69 Å². The van der Waals surface area contributed by atoms with Crippen molar-refractivity contribution in [1.82, 2.24) is 9.97 Å². The molecule has 1 rings (SSSR count). The number of aliphatic hydroxyl groups is 3. The summed E-state index contributed by atoms with van der Waals surface area (Å²) in [5, 5.41) is 25.9. The number of nitrogens with zero attached hydrogens (tertiary/aromatic N) is 1. The first-order valence-corrected chi connectivity index (χ1v) is 5.00. The molecule has 1 heterocycles. The molecule has 0 amide bonds. The maximum atomic E-state index is 10.2. The van der Waals surface area contributed by atoms with Crippen LogP contribution in [-0.2, 0) is 4.79 Å². The Kier molecular flexibility index (Phi) is 8.16. The lowest BCUT2D eigenvalue weighted by atomic mass is 10.2. The van der Waals surface area contributed by atoms with E-state index in [1.165, 1.54) is 12.4 Å². The average molecular weight is 265 g/mol. The van der Waals surface area contributed by atoms with Crippen molar-refractivity contribution in [2.24, 2.45) is 0 Å². The van der Waals surface area contributed by atoms with Crippen LogP contribution in [0.25, 0.3) is 0 Å². The zero-order valence-electron chi connectivity index (χ0n) is 8.78. The number of rotatable bonds is 4. The molecule has 0 aromatic carbocycles. The number of halogens is 1. The molecule has 4 N–H and O–H groups in total. The number of hydrogen-bond donors (Lipinski definition) is 4. The standard InChI is InChI=1S/C5H10O4.C4H3ClN2O/c6-2-1-4(8)5(9)3-7;5-3-1-6-4(8)7-2-3/h2,4-5,7-9H,1,3H2;1-2H,(H,6,7,8)/t4-,5+;/m0./s1. The first kappa shape index (κ1) is 15.7. The number of carbonyl (C=O) groups is 1. The van der Waals surface area contributed by atoms with E-state index in [9.17, 15) is 9.59 Å². The highest BCUT2D eigenvalue weighted by atomic mass is 35.5. The molecular weight excluding hydrogens is 252 g/mol. The Bertz CT molecular complexity index is 363. The van der Waals surface area contributed by atoms with Crippen molar-refractivity contribution in [3.05, 3.63) is 27.9 Å². The molecule has 7 nitrogen and oxygen atoms in total. The molecule has 0 saturated carbocycles. The maximum absolute atomic E-state index is 10.2. The highest BCUT2D eigenvalue weighted by molar-refractivity contribution is 6.30. The number of aromatic nitrogens is 2. The molecule has 0 aliphatic rings. The van der Waals surface area contributed by atoms with E-state index in [-0.39, 0.29) is 12.1 Å². The summed E-state index contributed by atoms with van der Waals surface area (Å²) in [6, 6.07) is 0. The van der Waals surface area contributed by atoms with Gasteiger partial charge in [-0.1, -0.05) is 11.6 Å². The van der Waals surface area contributed by atoms with Gasteiger partial charge in [-0.15, -0.1) is 0 Å². The normalized spacial score (nSPS) is 13.2. The molecule has 8 heteroatoms. The molecule has 0 bridgehead atoms. The Hall–Kier alpha value is -1.28. The Morgan fingerprint density at radius 3 is 2.47 bits per heavy atom. The van der Waals surface area contributed by atoms with Crippen LogP contribution in [0.15, 0.2) is 17.2 Å². The van der Waals surface area contributed by atoms with Crippen molar-refractivity contribution in [3.63, 3.8) is 0 Å². The number of carbonyl (C=O) groups excluding carboxylic acids is 1. The second kappa shape index (κ2) is 8.82. The van der Waals surface area contributed by atoms with Gasteiger partial charge in [0.2, 0.25) is 0 Å². The van der Waals surface area contributed by atoms with Crippen molar-refractivity contribution in [2.75, 3.05) is 6.61 Å². The van der Waals surface area contributed by atoms with Crippen molar-refractivity contribution in [3.8, 4) is 0 Å². The third-order valence-electron chi connectivity index (χ3n) is 1.61. The summed E-state index contributed by atoms with van der Waals surface area (Å²) in [6.07, 6.45) is 0.699. The van der Waals surface area contributed by atoms with Crippen LogP contribution in [0.4, 0.5) is 0 Å². The van der Waals surface area contributed by atoms with E-state index in [2.05, 4.69) is 9.97 Å². The van der Waals surface area contributed by atoms with Gasteiger partial charge in [0.25, 0.3) is 0 Å². The van der Waals surface area contributed by atoms with Gasteiger partial charge in [0.1, 0.15) is 12.4 Å². The predicted molar refractivity (Wildman–Crippen MR) is 59.6 cm³/mol. The smallest absolute Gasteiger partial charge is 0.344 e. The lowest BCUT2D eigenvalue weighted by molar-refractivity contribution is -0.111. The van der Waals surface area contributed by atoms with Gasteiger partial charge in [0.05, 0.1) is 23.9 Å². The largest absolute Gasteiger partial charge is 0.394 e. The van der Waals surface area contributed by atoms with Crippen molar-refractivity contribution >= 4 is 17.9 Å². The third kappa shape index (κ3) is 7.58. The van der Waals surface area contributed by atoms with E-state index in [1.807, 2.05) is 0 Å². The topological polar surface area (TPSA) is 124 Å². The second-order valence-electron chi connectivity index (χ2n) is 2.96. The quantitative estimate of drug-likeness (QED) is 0.502. The van der Waals surface area contributed by atoms with Crippen LogP contribution in [0.5, 0.6) is 0 Å². The van der Waals surface area contributed by atoms with E-state index >= 15 is 0 Å². The first-order chi connectivity index (χ1) is 8.01. The molecule has 0 spiro atoms. The molecule has 0 aliphatic carbocycles.